The van der Waals surface area contributed by atoms with Gasteiger partial charge in [-0.25, -0.2) is 4.39 Å². The van der Waals surface area contributed by atoms with E-state index in [1.807, 2.05) is 0 Å². The third kappa shape index (κ3) is 4.87. The van der Waals surface area contributed by atoms with Gasteiger partial charge in [-0.1, -0.05) is 27.5 Å². The summed E-state index contributed by atoms with van der Waals surface area (Å²) in [5.41, 5.74) is -0.136. The molecule has 0 saturated heterocycles. The van der Waals surface area contributed by atoms with Gasteiger partial charge < -0.3 is 14.8 Å². The van der Waals surface area contributed by atoms with E-state index in [1.165, 1.54) is 49.6 Å². The number of benzene rings is 3. The maximum atomic E-state index is 14.0. The van der Waals surface area contributed by atoms with Crippen LogP contribution in [0.25, 0.3) is 0 Å². The quantitative estimate of drug-likeness (QED) is 0.325. The zero-order chi connectivity index (χ0) is 21.8. The number of ether oxygens (including phenoxy) is 2. The van der Waals surface area contributed by atoms with Crippen molar-refractivity contribution in [2.24, 2.45) is 0 Å². The van der Waals surface area contributed by atoms with E-state index in [0.717, 1.165) is 6.07 Å². The van der Waals surface area contributed by atoms with Crippen LogP contribution in [-0.2, 0) is 0 Å². The first-order chi connectivity index (χ1) is 14.3. The molecule has 0 aliphatic carbocycles. The molecule has 0 saturated carbocycles. The lowest BCUT2D eigenvalue weighted by atomic mass is 10.1. The molecular weight excluding hydrogens is 483 g/mol. The predicted octanol–water partition coefficient (Wildman–Crippen LogP) is 6.20. The van der Waals surface area contributed by atoms with Crippen molar-refractivity contribution in [1.29, 1.82) is 0 Å². The van der Waals surface area contributed by atoms with Crippen LogP contribution in [-0.4, -0.2) is 17.9 Å². The third-order valence-corrected chi connectivity index (χ3v) is 4.67. The van der Waals surface area contributed by atoms with Crippen molar-refractivity contribution >= 4 is 44.8 Å². The highest BCUT2D eigenvalue weighted by Crippen LogP contribution is 2.38. The van der Waals surface area contributed by atoms with E-state index in [2.05, 4.69) is 21.2 Å². The molecule has 0 atom stereocenters. The fraction of sp³-hybridized carbons (Fsp3) is 0.0500. The van der Waals surface area contributed by atoms with Gasteiger partial charge in [0.05, 0.1) is 17.7 Å². The molecule has 7 nitrogen and oxygen atoms in total. The minimum absolute atomic E-state index is 0.0132. The van der Waals surface area contributed by atoms with Gasteiger partial charge >= 0.3 is 5.69 Å². The van der Waals surface area contributed by atoms with Gasteiger partial charge in [-0.15, -0.1) is 0 Å². The summed E-state index contributed by atoms with van der Waals surface area (Å²) in [6.07, 6.45) is 0. The number of hydrogen-bond donors (Lipinski definition) is 1. The highest BCUT2D eigenvalue weighted by Gasteiger charge is 2.19. The summed E-state index contributed by atoms with van der Waals surface area (Å²) in [6.45, 7) is 0. The van der Waals surface area contributed by atoms with Crippen molar-refractivity contribution < 1.29 is 23.6 Å². The first-order valence-electron chi connectivity index (χ1n) is 8.34. The number of hydrogen-bond acceptors (Lipinski definition) is 5. The van der Waals surface area contributed by atoms with E-state index in [-0.39, 0.29) is 39.2 Å². The van der Waals surface area contributed by atoms with Crippen molar-refractivity contribution in [3.8, 4) is 17.2 Å². The maximum Gasteiger partial charge on any atom is 0.313 e. The number of nitrogens with zero attached hydrogens (tertiary/aromatic N) is 1. The summed E-state index contributed by atoms with van der Waals surface area (Å²) < 4.78 is 25.3. The fourth-order valence-corrected chi connectivity index (χ4v) is 3.02. The van der Waals surface area contributed by atoms with Gasteiger partial charge in [0.2, 0.25) is 5.75 Å². The first kappa shape index (κ1) is 21.5. The Bertz CT molecular complexity index is 1140. The molecule has 0 heterocycles. The SMILES string of the molecule is COc1cc(C(=O)Nc2ccc(Br)cc2F)ccc1Oc1ccc(Cl)cc1[N+](=O)[O-]. The number of carbonyl (C=O) groups excluding carboxylic acids is 1. The molecule has 0 unspecified atom stereocenters. The van der Waals surface area contributed by atoms with Crippen LogP contribution >= 0.6 is 27.5 Å². The lowest BCUT2D eigenvalue weighted by molar-refractivity contribution is -0.385. The average Bonchev–Trinajstić information content (AvgIpc) is 2.71. The van der Waals surface area contributed by atoms with Crippen LogP contribution < -0.4 is 14.8 Å². The number of nitro groups is 1. The highest BCUT2D eigenvalue weighted by molar-refractivity contribution is 9.10. The van der Waals surface area contributed by atoms with Crippen LogP contribution in [0.2, 0.25) is 5.02 Å². The Morgan fingerprint density at radius 3 is 2.50 bits per heavy atom. The van der Waals surface area contributed by atoms with E-state index in [1.54, 1.807) is 6.07 Å². The minimum atomic E-state index is -0.623. The van der Waals surface area contributed by atoms with Gasteiger partial charge in [-0.2, -0.15) is 0 Å². The molecule has 1 amide bonds. The van der Waals surface area contributed by atoms with Crippen LogP contribution in [0, 0.1) is 15.9 Å². The minimum Gasteiger partial charge on any atom is -0.493 e. The molecule has 3 aromatic rings. The molecular formula is C20H13BrClFN2O5. The number of nitro benzene ring substituents is 1. The first-order valence-corrected chi connectivity index (χ1v) is 9.52. The molecule has 3 rings (SSSR count). The second-order valence-electron chi connectivity index (χ2n) is 5.92. The van der Waals surface area contributed by atoms with Gasteiger partial charge in [0, 0.05) is 21.1 Å². The van der Waals surface area contributed by atoms with E-state index in [4.69, 9.17) is 21.1 Å². The van der Waals surface area contributed by atoms with Crippen LogP contribution in [0.1, 0.15) is 10.4 Å². The Kier molecular flexibility index (Phi) is 6.53. The molecule has 30 heavy (non-hydrogen) atoms. The molecule has 0 aliphatic rings. The number of anilines is 1. The molecule has 0 bridgehead atoms. The standard InChI is InChI=1S/C20H13BrClFN2O5/c1-29-19-8-11(20(26)24-15-5-3-12(21)9-14(15)23)2-6-18(19)30-17-7-4-13(22)10-16(17)25(27)28/h2-10H,1H3,(H,24,26). The zero-order valence-corrected chi connectivity index (χ0v) is 17.7. The monoisotopic (exact) mass is 494 g/mol. The summed E-state index contributed by atoms with van der Waals surface area (Å²) in [6, 6.07) is 12.4. The topological polar surface area (TPSA) is 90.7 Å². The molecule has 0 spiro atoms. The van der Waals surface area contributed by atoms with Crippen molar-refractivity contribution in [3.05, 3.63) is 85.6 Å². The molecule has 0 aliphatic heterocycles. The summed E-state index contributed by atoms with van der Waals surface area (Å²) in [5, 5.41) is 13.9. The van der Waals surface area contributed by atoms with Gasteiger partial charge in [-0.3, -0.25) is 14.9 Å². The zero-order valence-electron chi connectivity index (χ0n) is 15.3. The normalized spacial score (nSPS) is 10.4. The highest BCUT2D eigenvalue weighted by atomic mass is 79.9. The van der Waals surface area contributed by atoms with Crippen molar-refractivity contribution in [3.63, 3.8) is 0 Å². The lowest BCUT2D eigenvalue weighted by Gasteiger charge is -2.12. The third-order valence-electron chi connectivity index (χ3n) is 3.94. The van der Waals surface area contributed by atoms with Gasteiger partial charge in [0.25, 0.3) is 5.91 Å². The largest absolute Gasteiger partial charge is 0.493 e. The molecule has 10 heteroatoms. The van der Waals surface area contributed by atoms with Crippen LogP contribution in [0.15, 0.2) is 59.1 Å². The second kappa shape index (κ2) is 9.10. The maximum absolute atomic E-state index is 14.0. The van der Waals surface area contributed by atoms with Gasteiger partial charge in [0.1, 0.15) is 5.82 Å². The number of rotatable bonds is 6. The molecule has 1 N–H and O–H groups in total. The smallest absolute Gasteiger partial charge is 0.313 e. The van der Waals surface area contributed by atoms with E-state index >= 15 is 0 Å². The van der Waals surface area contributed by atoms with E-state index < -0.39 is 16.6 Å². The number of carbonyl (C=O) groups is 1. The summed E-state index contributed by atoms with van der Waals surface area (Å²) in [5.74, 6) is -0.910. The number of halogens is 3. The summed E-state index contributed by atoms with van der Waals surface area (Å²) in [7, 11) is 1.36. The van der Waals surface area contributed by atoms with Crippen molar-refractivity contribution in [2.45, 2.75) is 0 Å². The van der Waals surface area contributed by atoms with E-state index in [9.17, 15) is 19.3 Å². The van der Waals surface area contributed by atoms with Crippen LogP contribution in [0.3, 0.4) is 0 Å². The Morgan fingerprint density at radius 2 is 1.83 bits per heavy atom. The Morgan fingerprint density at radius 1 is 1.10 bits per heavy atom. The summed E-state index contributed by atoms with van der Waals surface area (Å²) >= 11 is 8.95. The molecule has 3 aromatic carbocycles. The van der Waals surface area contributed by atoms with Crippen LogP contribution in [0.5, 0.6) is 17.2 Å². The number of amides is 1. The van der Waals surface area contributed by atoms with Crippen LogP contribution in [0.4, 0.5) is 15.8 Å². The number of methoxy groups -OCH3 is 1. The Labute approximate surface area is 183 Å². The summed E-state index contributed by atoms with van der Waals surface area (Å²) in [4.78, 5) is 23.1. The average molecular weight is 496 g/mol. The van der Waals surface area contributed by atoms with Crippen molar-refractivity contribution in [2.75, 3.05) is 12.4 Å². The number of nitrogens with one attached hydrogen (secondary N) is 1. The Balaban J connectivity index is 1.86. The second-order valence-corrected chi connectivity index (χ2v) is 7.27. The fourth-order valence-electron chi connectivity index (χ4n) is 2.52. The lowest BCUT2D eigenvalue weighted by Crippen LogP contribution is -2.13. The molecule has 0 radical (unpaired) electrons. The van der Waals surface area contributed by atoms with Crippen molar-refractivity contribution in [1.82, 2.24) is 0 Å². The Hall–Kier alpha value is -3.17. The van der Waals surface area contributed by atoms with Gasteiger partial charge in [-0.05, 0) is 48.5 Å². The molecule has 154 valence electrons. The molecule has 0 fully saturated rings. The van der Waals surface area contributed by atoms with E-state index in [0.29, 0.717) is 4.47 Å². The molecule has 0 aromatic heterocycles. The van der Waals surface area contributed by atoms with Gasteiger partial charge in [0.15, 0.2) is 11.5 Å². The predicted molar refractivity (Wildman–Crippen MR) is 113 cm³/mol.